The van der Waals surface area contributed by atoms with Crippen molar-refractivity contribution < 1.29 is 9.90 Å². The van der Waals surface area contributed by atoms with Gasteiger partial charge < -0.3 is 5.11 Å². The number of carboxylic acids is 1. The monoisotopic (exact) mass is 273 g/mol. The maximum atomic E-state index is 12.2. The average Bonchev–Trinajstić information content (AvgIpc) is 2.93. The Morgan fingerprint density at radius 3 is 2.30 bits per heavy atom. The molecule has 1 aromatic carbocycles. The molecule has 3 rings (SSSR count). The zero-order valence-corrected chi connectivity index (χ0v) is 12.4. The van der Waals surface area contributed by atoms with Crippen molar-refractivity contribution in [1.29, 1.82) is 0 Å². The highest BCUT2D eigenvalue weighted by Gasteiger charge is 2.52. The zero-order chi connectivity index (χ0) is 14.4. The molecule has 1 aliphatic carbocycles. The number of benzene rings is 1. The van der Waals surface area contributed by atoms with Crippen LogP contribution in [0.2, 0.25) is 0 Å². The zero-order valence-electron chi connectivity index (χ0n) is 12.4. The Labute approximate surface area is 120 Å². The largest absolute Gasteiger partial charge is 0.480 e. The number of likely N-dealkylation sites (tertiary alicyclic amines) is 1. The van der Waals surface area contributed by atoms with Crippen LogP contribution in [-0.4, -0.2) is 29.1 Å². The van der Waals surface area contributed by atoms with Crippen molar-refractivity contribution in [3.8, 4) is 0 Å². The molecule has 1 fully saturated rings. The minimum absolute atomic E-state index is 0.0647. The molecular weight excluding hydrogens is 250 g/mol. The third-order valence-corrected chi connectivity index (χ3v) is 5.21. The summed E-state index contributed by atoms with van der Waals surface area (Å²) in [5, 5.41) is 10.0. The van der Waals surface area contributed by atoms with Gasteiger partial charge in [0.2, 0.25) is 0 Å². The topological polar surface area (TPSA) is 40.5 Å². The normalized spacial score (nSPS) is 29.1. The lowest BCUT2D eigenvalue weighted by Gasteiger charge is -2.47. The van der Waals surface area contributed by atoms with Crippen LogP contribution in [0.4, 0.5) is 0 Å². The van der Waals surface area contributed by atoms with Crippen molar-refractivity contribution in [2.75, 3.05) is 13.1 Å². The molecule has 0 aromatic heterocycles. The molecule has 1 unspecified atom stereocenters. The molecule has 1 aromatic rings. The van der Waals surface area contributed by atoms with E-state index in [2.05, 4.69) is 24.8 Å². The predicted molar refractivity (Wildman–Crippen MR) is 78.8 cm³/mol. The molecule has 0 amide bonds. The minimum atomic E-state index is -0.803. The van der Waals surface area contributed by atoms with Gasteiger partial charge in [-0.15, -0.1) is 0 Å². The first-order valence-electron chi connectivity index (χ1n) is 7.57. The van der Waals surface area contributed by atoms with Gasteiger partial charge in [-0.3, -0.25) is 4.90 Å². The molecule has 20 heavy (non-hydrogen) atoms. The molecule has 3 heteroatoms. The molecule has 1 saturated heterocycles. The third-order valence-electron chi connectivity index (χ3n) is 5.21. The number of hydrogen-bond donors (Lipinski definition) is 1. The molecule has 0 saturated carbocycles. The fourth-order valence-electron chi connectivity index (χ4n) is 3.98. The van der Waals surface area contributed by atoms with E-state index < -0.39 is 11.5 Å². The van der Waals surface area contributed by atoms with E-state index in [1.807, 2.05) is 18.2 Å². The lowest BCUT2D eigenvalue weighted by atomic mass is 9.65. The van der Waals surface area contributed by atoms with Crippen LogP contribution in [0.1, 0.15) is 50.7 Å². The minimum Gasteiger partial charge on any atom is -0.480 e. The van der Waals surface area contributed by atoms with Gasteiger partial charge in [0.15, 0.2) is 0 Å². The molecule has 1 atom stereocenters. The van der Waals surface area contributed by atoms with Crippen LogP contribution in [0.15, 0.2) is 24.3 Å². The highest BCUT2D eigenvalue weighted by molar-refractivity contribution is 5.82. The van der Waals surface area contributed by atoms with E-state index in [9.17, 15) is 9.90 Å². The lowest BCUT2D eigenvalue weighted by molar-refractivity contribution is -0.153. The summed E-state index contributed by atoms with van der Waals surface area (Å²) in [6.07, 6.45) is 3.86. The van der Waals surface area contributed by atoms with E-state index in [1.165, 1.54) is 5.56 Å². The van der Waals surface area contributed by atoms with Crippen molar-refractivity contribution in [2.45, 2.75) is 50.5 Å². The van der Waals surface area contributed by atoms with Crippen LogP contribution in [0.5, 0.6) is 0 Å². The van der Waals surface area contributed by atoms with Gasteiger partial charge in [0.05, 0.1) is 0 Å². The van der Waals surface area contributed by atoms with Gasteiger partial charge in [0.1, 0.15) is 5.54 Å². The van der Waals surface area contributed by atoms with Gasteiger partial charge in [-0.2, -0.15) is 0 Å². The molecule has 1 heterocycles. The second-order valence-electron chi connectivity index (χ2n) is 6.79. The van der Waals surface area contributed by atoms with E-state index in [0.29, 0.717) is 6.42 Å². The van der Waals surface area contributed by atoms with Crippen LogP contribution in [0, 0.1) is 0 Å². The standard InChI is InChI=1S/C17H23NO2/c1-16(2)9-10-17(15(19)20,18-11-5-6-12-18)14-8-4-3-7-13(14)16/h3-4,7-8H,5-6,9-12H2,1-2H3,(H,19,20). The Morgan fingerprint density at radius 2 is 1.70 bits per heavy atom. The summed E-state index contributed by atoms with van der Waals surface area (Å²) in [7, 11) is 0. The first-order valence-corrected chi connectivity index (χ1v) is 7.57. The molecule has 0 bridgehead atoms. The van der Waals surface area contributed by atoms with Gasteiger partial charge in [0.25, 0.3) is 0 Å². The van der Waals surface area contributed by atoms with Gasteiger partial charge in [-0.25, -0.2) is 4.79 Å². The Bertz CT molecular complexity index is 532. The molecule has 108 valence electrons. The third kappa shape index (κ3) is 1.80. The van der Waals surface area contributed by atoms with Crippen molar-refractivity contribution >= 4 is 5.97 Å². The lowest BCUT2D eigenvalue weighted by Crippen LogP contribution is -2.54. The summed E-state index contributed by atoms with van der Waals surface area (Å²) < 4.78 is 0. The second kappa shape index (κ2) is 4.59. The Hall–Kier alpha value is -1.35. The predicted octanol–water partition coefficient (Wildman–Crippen LogP) is 3.13. The first kappa shape index (κ1) is 13.6. The molecule has 1 aliphatic heterocycles. The summed E-state index contributed by atoms with van der Waals surface area (Å²) >= 11 is 0. The van der Waals surface area contributed by atoms with Crippen LogP contribution >= 0.6 is 0 Å². The van der Waals surface area contributed by atoms with Crippen LogP contribution in [-0.2, 0) is 15.7 Å². The average molecular weight is 273 g/mol. The van der Waals surface area contributed by atoms with E-state index in [1.54, 1.807) is 0 Å². The van der Waals surface area contributed by atoms with Crippen LogP contribution in [0.25, 0.3) is 0 Å². The fraction of sp³-hybridized carbons (Fsp3) is 0.588. The van der Waals surface area contributed by atoms with E-state index in [0.717, 1.165) is 37.9 Å². The highest BCUT2D eigenvalue weighted by Crippen LogP contribution is 2.48. The number of nitrogens with zero attached hydrogens (tertiary/aromatic N) is 1. The number of aliphatic carboxylic acids is 1. The maximum Gasteiger partial charge on any atom is 0.328 e. The quantitative estimate of drug-likeness (QED) is 0.900. The molecule has 0 radical (unpaired) electrons. The highest BCUT2D eigenvalue weighted by atomic mass is 16.4. The van der Waals surface area contributed by atoms with Gasteiger partial charge >= 0.3 is 5.97 Å². The summed E-state index contributed by atoms with van der Waals surface area (Å²) in [4.78, 5) is 14.4. The Balaban J connectivity index is 2.19. The van der Waals surface area contributed by atoms with Gasteiger partial charge in [0, 0.05) is 0 Å². The molecule has 1 N–H and O–H groups in total. The van der Waals surface area contributed by atoms with Crippen molar-refractivity contribution in [3.05, 3.63) is 35.4 Å². The molecule has 2 aliphatic rings. The molecular formula is C17H23NO2. The number of carbonyl (C=O) groups is 1. The van der Waals surface area contributed by atoms with Gasteiger partial charge in [-0.05, 0) is 55.3 Å². The second-order valence-corrected chi connectivity index (χ2v) is 6.79. The van der Waals surface area contributed by atoms with E-state index in [-0.39, 0.29) is 5.41 Å². The molecule has 3 nitrogen and oxygen atoms in total. The number of fused-ring (bicyclic) bond motifs is 1. The summed E-state index contributed by atoms with van der Waals surface area (Å²) in [6, 6.07) is 8.15. The van der Waals surface area contributed by atoms with Crippen LogP contribution in [0.3, 0.4) is 0 Å². The van der Waals surface area contributed by atoms with E-state index in [4.69, 9.17) is 0 Å². The van der Waals surface area contributed by atoms with Crippen molar-refractivity contribution in [2.24, 2.45) is 0 Å². The van der Waals surface area contributed by atoms with Crippen molar-refractivity contribution in [3.63, 3.8) is 0 Å². The number of rotatable bonds is 2. The maximum absolute atomic E-state index is 12.2. The van der Waals surface area contributed by atoms with Gasteiger partial charge in [-0.1, -0.05) is 38.1 Å². The fourth-order valence-corrected chi connectivity index (χ4v) is 3.98. The molecule has 0 spiro atoms. The summed E-state index contributed by atoms with van der Waals surface area (Å²) in [6.45, 7) is 6.26. The first-order chi connectivity index (χ1) is 9.48. The number of carboxylic acid groups (broad SMARTS) is 1. The van der Waals surface area contributed by atoms with Crippen molar-refractivity contribution in [1.82, 2.24) is 4.90 Å². The van der Waals surface area contributed by atoms with E-state index >= 15 is 0 Å². The SMILES string of the molecule is CC1(C)CCC(C(=O)O)(N2CCCC2)c2ccccc21. The van der Waals surface area contributed by atoms with Crippen LogP contribution < -0.4 is 0 Å². The summed E-state index contributed by atoms with van der Waals surface area (Å²) in [5.41, 5.74) is 1.49. The Kier molecular flexibility index (Phi) is 3.13. The smallest absolute Gasteiger partial charge is 0.328 e. The Morgan fingerprint density at radius 1 is 1.10 bits per heavy atom. The number of hydrogen-bond acceptors (Lipinski definition) is 2. The summed E-state index contributed by atoms with van der Waals surface area (Å²) in [5.74, 6) is -0.678.